The summed E-state index contributed by atoms with van der Waals surface area (Å²) in [5.74, 6) is 1.88. The molecule has 0 amide bonds. The fraction of sp³-hybridized carbons (Fsp3) is 0.600. The van der Waals surface area contributed by atoms with Crippen LogP contribution in [-0.4, -0.2) is 62.3 Å². The van der Waals surface area contributed by atoms with Crippen molar-refractivity contribution in [3.05, 3.63) is 59.7 Å². The zero-order chi connectivity index (χ0) is 24.0. The minimum atomic E-state index is 0.599. The molecule has 0 N–H and O–H groups in total. The zero-order valence-corrected chi connectivity index (χ0v) is 21.5. The molecule has 2 aliphatic rings. The first kappa shape index (κ1) is 26.0. The molecule has 0 aromatic heterocycles. The lowest BCUT2D eigenvalue weighted by Crippen LogP contribution is -2.29. The van der Waals surface area contributed by atoms with Crippen LogP contribution in [0, 0.1) is 0 Å². The summed E-state index contributed by atoms with van der Waals surface area (Å²) in [5.41, 5.74) is 2.33. The molecule has 4 rings (SSSR count). The lowest BCUT2D eigenvalue weighted by Gasteiger charge is -2.19. The Labute approximate surface area is 212 Å². The van der Waals surface area contributed by atoms with E-state index in [0.717, 1.165) is 37.8 Å². The van der Waals surface area contributed by atoms with Crippen LogP contribution < -0.4 is 9.47 Å². The van der Waals surface area contributed by atoms with Gasteiger partial charge in [-0.25, -0.2) is 0 Å². The molecule has 5 heteroatoms. The summed E-state index contributed by atoms with van der Waals surface area (Å²) in [6.45, 7) is 9.62. The second kappa shape index (κ2) is 15.1. The molecule has 0 aliphatic carbocycles. The van der Waals surface area contributed by atoms with Gasteiger partial charge in [0.15, 0.2) is 0 Å². The molecule has 0 radical (unpaired) electrons. The van der Waals surface area contributed by atoms with E-state index in [-0.39, 0.29) is 0 Å². The van der Waals surface area contributed by atoms with E-state index < -0.39 is 0 Å². The summed E-state index contributed by atoms with van der Waals surface area (Å²) < 4.78 is 17.9. The summed E-state index contributed by atoms with van der Waals surface area (Å²) in [6, 6.07) is 16.6. The Morgan fingerprint density at radius 3 is 1.23 bits per heavy atom. The molecular weight excluding hydrogens is 436 g/mol. The average Bonchev–Trinajstić information content (AvgIpc) is 3.31. The van der Waals surface area contributed by atoms with Crippen LogP contribution in [0.3, 0.4) is 0 Å². The van der Waals surface area contributed by atoms with Crippen LogP contribution in [0.5, 0.6) is 11.5 Å². The van der Waals surface area contributed by atoms with Crippen molar-refractivity contribution in [1.29, 1.82) is 0 Å². The van der Waals surface area contributed by atoms with Crippen molar-refractivity contribution in [2.75, 3.05) is 52.5 Å². The molecule has 0 spiro atoms. The van der Waals surface area contributed by atoms with Crippen LogP contribution in [0.1, 0.15) is 62.5 Å². The van der Waals surface area contributed by atoms with Gasteiger partial charge in [-0.1, -0.05) is 49.9 Å². The van der Waals surface area contributed by atoms with Crippen LogP contribution in [0.15, 0.2) is 48.5 Å². The number of ether oxygens (including phenoxy) is 3. The van der Waals surface area contributed by atoms with E-state index in [1.807, 2.05) is 0 Å². The van der Waals surface area contributed by atoms with Crippen molar-refractivity contribution in [3.8, 4) is 11.5 Å². The van der Waals surface area contributed by atoms with Crippen molar-refractivity contribution in [3.63, 3.8) is 0 Å². The van der Waals surface area contributed by atoms with E-state index in [1.54, 1.807) is 0 Å². The van der Waals surface area contributed by atoms with Crippen molar-refractivity contribution < 1.29 is 14.2 Å². The molecule has 0 unspecified atom stereocenters. The van der Waals surface area contributed by atoms with Gasteiger partial charge < -0.3 is 14.2 Å². The highest BCUT2D eigenvalue weighted by atomic mass is 16.5. The molecule has 0 saturated carbocycles. The highest BCUT2D eigenvalue weighted by Gasteiger charge is 2.09. The Morgan fingerprint density at radius 1 is 0.486 bits per heavy atom. The quantitative estimate of drug-likeness (QED) is 0.377. The maximum Gasteiger partial charge on any atom is 0.119 e. The van der Waals surface area contributed by atoms with E-state index >= 15 is 0 Å². The molecule has 35 heavy (non-hydrogen) atoms. The van der Waals surface area contributed by atoms with Crippen LogP contribution in [-0.2, 0) is 18.0 Å². The number of hydrogen-bond acceptors (Lipinski definition) is 5. The molecule has 2 aromatic carbocycles. The van der Waals surface area contributed by atoms with E-state index in [4.69, 9.17) is 14.2 Å². The normalized spacial score (nSPS) is 18.1. The topological polar surface area (TPSA) is 34.2 Å². The Kier molecular flexibility index (Phi) is 11.2. The highest BCUT2D eigenvalue weighted by molar-refractivity contribution is 5.28. The maximum absolute atomic E-state index is 5.96. The SMILES string of the molecule is c1cc(OCCN2CCCCCC2)ccc1COCc1ccc(OCCN2CCCCCC2)cc1. The van der Waals surface area contributed by atoms with Crippen LogP contribution in [0.4, 0.5) is 0 Å². The monoisotopic (exact) mass is 480 g/mol. The number of hydrogen-bond donors (Lipinski definition) is 0. The summed E-state index contributed by atoms with van der Waals surface area (Å²) in [7, 11) is 0. The first-order valence-corrected chi connectivity index (χ1v) is 13.8. The predicted molar refractivity (Wildman–Crippen MR) is 142 cm³/mol. The summed E-state index contributed by atoms with van der Waals surface area (Å²) in [4.78, 5) is 5.06. The third kappa shape index (κ3) is 9.83. The molecule has 2 heterocycles. The van der Waals surface area contributed by atoms with Gasteiger partial charge in [-0.2, -0.15) is 0 Å². The molecule has 2 fully saturated rings. The summed E-state index contributed by atoms with van der Waals surface area (Å²) >= 11 is 0. The molecule has 0 bridgehead atoms. The third-order valence-corrected chi connectivity index (χ3v) is 7.13. The summed E-state index contributed by atoms with van der Waals surface area (Å²) in [6.07, 6.45) is 10.8. The lowest BCUT2D eigenvalue weighted by atomic mass is 10.2. The van der Waals surface area contributed by atoms with Gasteiger partial charge in [-0.3, -0.25) is 9.80 Å². The first-order chi connectivity index (χ1) is 17.3. The van der Waals surface area contributed by atoms with Crippen molar-refractivity contribution in [2.45, 2.75) is 64.6 Å². The van der Waals surface area contributed by atoms with Crippen LogP contribution in [0.25, 0.3) is 0 Å². The second-order valence-electron chi connectivity index (χ2n) is 9.99. The van der Waals surface area contributed by atoms with Crippen molar-refractivity contribution in [2.24, 2.45) is 0 Å². The Hall–Kier alpha value is -2.08. The minimum absolute atomic E-state index is 0.599. The van der Waals surface area contributed by atoms with Crippen LogP contribution in [0.2, 0.25) is 0 Å². The molecule has 2 aromatic rings. The van der Waals surface area contributed by atoms with E-state index in [9.17, 15) is 0 Å². The smallest absolute Gasteiger partial charge is 0.119 e. The van der Waals surface area contributed by atoms with Gasteiger partial charge >= 0.3 is 0 Å². The van der Waals surface area contributed by atoms with Gasteiger partial charge in [0.1, 0.15) is 24.7 Å². The molecular formula is C30H44N2O3. The van der Waals surface area contributed by atoms with Gasteiger partial charge in [0.2, 0.25) is 0 Å². The number of nitrogens with zero attached hydrogens (tertiary/aromatic N) is 2. The number of rotatable bonds is 12. The minimum Gasteiger partial charge on any atom is -0.492 e. The van der Waals surface area contributed by atoms with Gasteiger partial charge in [-0.05, 0) is 87.3 Å². The van der Waals surface area contributed by atoms with Gasteiger partial charge in [-0.15, -0.1) is 0 Å². The number of likely N-dealkylation sites (tertiary alicyclic amines) is 2. The lowest BCUT2D eigenvalue weighted by molar-refractivity contribution is 0.107. The Bertz CT molecular complexity index is 739. The Balaban J connectivity index is 1.09. The van der Waals surface area contributed by atoms with E-state index in [1.165, 1.54) is 88.7 Å². The van der Waals surface area contributed by atoms with Gasteiger partial charge in [0.05, 0.1) is 13.2 Å². The molecule has 2 aliphatic heterocycles. The van der Waals surface area contributed by atoms with Gasteiger partial charge in [0.25, 0.3) is 0 Å². The zero-order valence-electron chi connectivity index (χ0n) is 21.5. The highest BCUT2D eigenvalue weighted by Crippen LogP contribution is 2.17. The third-order valence-electron chi connectivity index (χ3n) is 7.13. The molecule has 192 valence electrons. The second-order valence-corrected chi connectivity index (χ2v) is 9.99. The molecule has 2 saturated heterocycles. The van der Waals surface area contributed by atoms with E-state index in [2.05, 4.69) is 58.3 Å². The standard InChI is InChI=1S/C30H44N2O3/c1-2-6-18-31(17-5-1)21-23-34-29-13-9-27(10-14-29)25-33-26-28-11-15-30(16-12-28)35-24-22-32-19-7-3-4-8-20-32/h9-16H,1-8,17-26H2. The maximum atomic E-state index is 5.96. The van der Waals surface area contributed by atoms with Gasteiger partial charge in [0, 0.05) is 13.1 Å². The van der Waals surface area contributed by atoms with Crippen molar-refractivity contribution >= 4 is 0 Å². The average molecular weight is 481 g/mol. The van der Waals surface area contributed by atoms with Crippen LogP contribution >= 0.6 is 0 Å². The van der Waals surface area contributed by atoms with E-state index in [0.29, 0.717) is 13.2 Å². The first-order valence-electron chi connectivity index (χ1n) is 13.8. The summed E-state index contributed by atoms with van der Waals surface area (Å²) in [5, 5.41) is 0. The fourth-order valence-corrected chi connectivity index (χ4v) is 4.96. The molecule has 0 atom stereocenters. The number of benzene rings is 2. The predicted octanol–water partition coefficient (Wildman–Crippen LogP) is 5.91. The van der Waals surface area contributed by atoms with Crippen molar-refractivity contribution in [1.82, 2.24) is 9.80 Å². The largest absolute Gasteiger partial charge is 0.492 e. The fourth-order valence-electron chi connectivity index (χ4n) is 4.96. The molecule has 5 nitrogen and oxygen atoms in total. The Morgan fingerprint density at radius 2 is 0.857 bits per heavy atom.